The molecule has 0 aliphatic carbocycles. The largest absolute Gasteiger partial charge is 0.362 e. The molecule has 0 aromatic heterocycles. The molecule has 2 atom stereocenters. The number of ether oxygens (including phenoxy) is 1. The molecular weight excluding hydrogens is 200 g/mol. The highest BCUT2D eigenvalue weighted by atomic mass is 16.6. The van der Waals surface area contributed by atoms with Crippen LogP contribution >= 0.6 is 0 Å². The van der Waals surface area contributed by atoms with Crippen molar-refractivity contribution in [2.75, 3.05) is 0 Å². The lowest BCUT2D eigenvalue weighted by Crippen LogP contribution is -2.13. The van der Waals surface area contributed by atoms with E-state index >= 15 is 0 Å². The number of epoxide rings is 1. The molecule has 1 aliphatic rings. The van der Waals surface area contributed by atoms with Gasteiger partial charge >= 0.3 is 0 Å². The quantitative estimate of drug-likeness (QED) is 0.729. The summed E-state index contributed by atoms with van der Waals surface area (Å²) in [6, 6.07) is 4.26. The van der Waals surface area contributed by atoms with Crippen molar-refractivity contribution in [2.45, 2.75) is 46.3 Å². The van der Waals surface area contributed by atoms with Crippen LogP contribution in [0.25, 0.3) is 0 Å². The van der Waals surface area contributed by atoms with Crippen LogP contribution < -0.4 is 0 Å². The lowest BCUT2D eigenvalue weighted by atomic mass is 9.95. The van der Waals surface area contributed by atoms with E-state index < -0.39 is 0 Å². The predicted molar refractivity (Wildman–Crippen MR) is 63.7 cm³/mol. The minimum Gasteiger partial charge on any atom is -0.362 e. The first-order chi connectivity index (χ1) is 7.49. The molecule has 0 saturated carbocycles. The smallest absolute Gasteiger partial charge is 0.168 e. The molecule has 86 valence electrons. The maximum absolute atomic E-state index is 11.8. The van der Waals surface area contributed by atoms with Gasteiger partial charge in [0.15, 0.2) is 5.78 Å². The Kier molecular flexibility index (Phi) is 2.85. The number of hydrogen-bond donors (Lipinski definition) is 0. The summed E-state index contributed by atoms with van der Waals surface area (Å²) in [6.45, 7) is 8.16. The monoisotopic (exact) mass is 218 g/mol. The van der Waals surface area contributed by atoms with E-state index in [-0.39, 0.29) is 18.0 Å². The summed E-state index contributed by atoms with van der Waals surface area (Å²) in [6.07, 6.45) is 0.478. The summed E-state index contributed by atoms with van der Waals surface area (Å²) < 4.78 is 5.20. The Morgan fingerprint density at radius 1 is 1.25 bits per heavy atom. The van der Waals surface area contributed by atoms with E-state index in [1.54, 1.807) is 0 Å². The molecule has 0 amide bonds. The van der Waals surface area contributed by atoms with Gasteiger partial charge in [0, 0.05) is 6.42 Å². The van der Waals surface area contributed by atoms with Gasteiger partial charge in [-0.1, -0.05) is 17.7 Å². The second-order valence-corrected chi connectivity index (χ2v) is 4.78. The van der Waals surface area contributed by atoms with Crippen molar-refractivity contribution < 1.29 is 9.53 Å². The molecule has 1 saturated heterocycles. The summed E-state index contributed by atoms with van der Waals surface area (Å²) in [4.78, 5) is 11.8. The average Bonchev–Trinajstić information content (AvgIpc) is 2.88. The van der Waals surface area contributed by atoms with Crippen LogP contribution in [0.2, 0.25) is 0 Å². The molecule has 2 unspecified atom stereocenters. The molecule has 0 bridgehead atoms. The van der Waals surface area contributed by atoms with Gasteiger partial charge < -0.3 is 4.74 Å². The highest BCUT2D eigenvalue weighted by molar-refractivity contribution is 5.88. The zero-order valence-electron chi connectivity index (χ0n) is 10.3. The maximum atomic E-state index is 11.8. The van der Waals surface area contributed by atoms with Crippen LogP contribution in [0.5, 0.6) is 0 Å². The summed E-state index contributed by atoms with van der Waals surface area (Å²) in [5, 5.41) is 0. The number of rotatable bonds is 3. The van der Waals surface area contributed by atoms with Crippen LogP contribution in [0.4, 0.5) is 0 Å². The van der Waals surface area contributed by atoms with E-state index in [9.17, 15) is 4.79 Å². The first kappa shape index (κ1) is 11.3. The van der Waals surface area contributed by atoms with Crippen LogP contribution in [0.1, 0.15) is 29.2 Å². The zero-order valence-corrected chi connectivity index (χ0v) is 10.3. The number of benzene rings is 1. The van der Waals surface area contributed by atoms with Crippen LogP contribution in [-0.2, 0) is 16.0 Å². The first-order valence-corrected chi connectivity index (χ1v) is 5.74. The number of hydrogen-bond acceptors (Lipinski definition) is 2. The molecular formula is C14H18O2. The Labute approximate surface area is 96.6 Å². The molecule has 1 aromatic rings. The maximum Gasteiger partial charge on any atom is 0.168 e. The first-order valence-electron chi connectivity index (χ1n) is 5.74. The number of ketones is 1. The fourth-order valence-corrected chi connectivity index (χ4v) is 2.29. The van der Waals surface area contributed by atoms with E-state index in [0.29, 0.717) is 6.42 Å². The summed E-state index contributed by atoms with van der Waals surface area (Å²) in [5.74, 6) is 0.211. The van der Waals surface area contributed by atoms with Gasteiger partial charge in [0.1, 0.15) is 6.10 Å². The number of aryl methyl sites for hydroxylation is 3. The normalized spacial score (nSPS) is 23.2. The fourth-order valence-electron chi connectivity index (χ4n) is 2.29. The molecule has 0 N–H and O–H groups in total. The Balaban J connectivity index is 2.18. The fraction of sp³-hybridized carbons (Fsp3) is 0.500. The van der Waals surface area contributed by atoms with Crippen molar-refractivity contribution in [1.82, 2.24) is 0 Å². The van der Waals surface area contributed by atoms with Crippen molar-refractivity contribution in [3.8, 4) is 0 Å². The van der Waals surface area contributed by atoms with Crippen LogP contribution in [-0.4, -0.2) is 18.0 Å². The van der Waals surface area contributed by atoms with E-state index in [0.717, 1.165) is 0 Å². The summed E-state index contributed by atoms with van der Waals surface area (Å²) in [5.41, 5.74) is 4.83. The van der Waals surface area contributed by atoms with Crippen LogP contribution in [0, 0.1) is 20.8 Å². The van der Waals surface area contributed by atoms with Crippen molar-refractivity contribution in [3.63, 3.8) is 0 Å². The molecule has 1 heterocycles. The third kappa shape index (κ3) is 2.17. The van der Waals surface area contributed by atoms with Crippen LogP contribution in [0.3, 0.4) is 0 Å². The van der Waals surface area contributed by atoms with Gasteiger partial charge in [-0.15, -0.1) is 0 Å². The molecule has 2 nitrogen and oxygen atoms in total. The average molecular weight is 218 g/mol. The molecule has 1 aromatic carbocycles. The standard InChI is InChI=1S/C14H18O2/c1-8-5-9(2)12(10(3)6-8)7-13(15)14-11(4)16-14/h5-6,11,14H,7H2,1-4H3. The van der Waals surface area contributed by atoms with Gasteiger partial charge in [-0.05, 0) is 44.4 Å². The van der Waals surface area contributed by atoms with Crippen molar-refractivity contribution in [1.29, 1.82) is 0 Å². The summed E-state index contributed by atoms with van der Waals surface area (Å²) in [7, 11) is 0. The lowest BCUT2D eigenvalue weighted by molar-refractivity contribution is -0.119. The highest BCUT2D eigenvalue weighted by Crippen LogP contribution is 2.25. The Morgan fingerprint density at radius 2 is 1.75 bits per heavy atom. The number of carbonyl (C=O) groups is 1. The van der Waals surface area contributed by atoms with Crippen LogP contribution in [0.15, 0.2) is 12.1 Å². The minimum absolute atomic E-state index is 0.124. The van der Waals surface area contributed by atoms with E-state index in [1.165, 1.54) is 22.3 Å². The van der Waals surface area contributed by atoms with Gasteiger partial charge in [0.25, 0.3) is 0 Å². The molecule has 1 fully saturated rings. The van der Waals surface area contributed by atoms with E-state index in [1.807, 2.05) is 6.92 Å². The second-order valence-electron chi connectivity index (χ2n) is 4.78. The SMILES string of the molecule is Cc1cc(C)c(CC(=O)C2OC2C)c(C)c1. The number of carbonyl (C=O) groups excluding carboxylic acids is 1. The van der Waals surface area contributed by atoms with Crippen molar-refractivity contribution in [3.05, 3.63) is 34.4 Å². The van der Waals surface area contributed by atoms with Gasteiger partial charge in [-0.3, -0.25) is 4.79 Å². The molecule has 0 spiro atoms. The second kappa shape index (κ2) is 4.02. The number of Topliss-reactive ketones (excluding diaryl/α,β-unsaturated/α-hetero) is 1. The molecule has 16 heavy (non-hydrogen) atoms. The van der Waals surface area contributed by atoms with Crippen molar-refractivity contribution in [2.24, 2.45) is 0 Å². The highest BCUT2D eigenvalue weighted by Gasteiger charge is 2.40. The molecule has 2 rings (SSSR count). The van der Waals surface area contributed by atoms with Gasteiger partial charge in [0.05, 0.1) is 6.10 Å². The third-order valence-electron chi connectivity index (χ3n) is 3.22. The Bertz CT molecular complexity index is 411. The summed E-state index contributed by atoms with van der Waals surface area (Å²) >= 11 is 0. The molecule has 0 radical (unpaired) electrons. The van der Waals surface area contributed by atoms with Crippen molar-refractivity contribution >= 4 is 5.78 Å². The predicted octanol–water partition coefficient (Wildman–Crippen LogP) is 2.51. The van der Waals surface area contributed by atoms with Gasteiger partial charge in [0.2, 0.25) is 0 Å². The Morgan fingerprint density at radius 3 is 2.19 bits per heavy atom. The molecule has 1 aliphatic heterocycles. The van der Waals surface area contributed by atoms with Gasteiger partial charge in [-0.2, -0.15) is 0 Å². The third-order valence-corrected chi connectivity index (χ3v) is 3.22. The topological polar surface area (TPSA) is 29.6 Å². The lowest BCUT2D eigenvalue weighted by Gasteiger charge is -2.09. The zero-order chi connectivity index (χ0) is 11.9. The minimum atomic E-state index is -0.153. The molecule has 2 heteroatoms. The Hall–Kier alpha value is -1.15. The van der Waals surface area contributed by atoms with E-state index in [4.69, 9.17) is 4.74 Å². The van der Waals surface area contributed by atoms with E-state index in [2.05, 4.69) is 32.9 Å². The van der Waals surface area contributed by atoms with Gasteiger partial charge in [-0.25, -0.2) is 0 Å².